The van der Waals surface area contributed by atoms with Gasteiger partial charge in [-0.15, -0.1) is 0 Å². The summed E-state index contributed by atoms with van der Waals surface area (Å²) in [5.74, 6) is 1.30. The Morgan fingerprint density at radius 1 is 1.11 bits per heavy atom. The molecule has 0 radical (unpaired) electrons. The number of amides is 1. The van der Waals surface area contributed by atoms with Crippen LogP contribution in [-0.4, -0.2) is 18.0 Å². The fourth-order valence-electron chi connectivity index (χ4n) is 3.15. The molecule has 0 aromatic heterocycles. The van der Waals surface area contributed by atoms with Crippen LogP contribution in [0.25, 0.3) is 0 Å². The van der Waals surface area contributed by atoms with Crippen LogP contribution < -0.4 is 15.5 Å². The monoisotopic (exact) mass is 373 g/mol. The van der Waals surface area contributed by atoms with Crippen LogP contribution >= 0.6 is 0 Å². The van der Waals surface area contributed by atoms with E-state index in [-0.39, 0.29) is 5.91 Å². The van der Waals surface area contributed by atoms with E-state index >= 15 is 0 Å². The van der Waals surface area contributed by atoms with Crippen molar-refractivity contribution in [3.63, 3.8) is 0 Å². The van der Waals surface area contributed by atoms with Crippen LogP contribution in [0, 0.1) is 6.92 Å². The van der Waals surface area contributed by atoms with Gasteiger partial charge in [0.05, 0.1) is 6.61 Å². The predicted octanol–water partition coefficient (Wildman–Crippen LogP) is 2.94. The number of aryl methyl sites for hydroxylation is 1. The molecule has 0 aliphatic carbocycles. The summed E-state index contributed by atoms with van der Waals surface area (Å²) in [5.41, 5.74) is 4.42. The van der Waals surface area contributed by atoms with Crippen molar-refractivity contribution in [2.45, 2.75) is 20.1 Å². The van der Waals surface area contributed by atoms with Crippen molar-refractivity contribution < 1.29 is 19.2 Å². The summed E-state index contributed by atoms with van der Waals surface area (Å²) in [7, 11) is -0.849. The van der Waals surface area contributed by atoms with E-state index < -0.39 is 7.12 Å². The van der Waals surface area contributed by atoms with E-state index in [0.29, 0.717) is 30.2 Å². The van der Waals surface area contributed by atoms with Crippen molar-refractivity contribution in [1.82, 2.24) is 5.32 Å². The van der Waals surface area contributed by atoms with Gasteiger partial charge in [0.1, 0.15) is 11.5 Å². The normalized spacial score (nSPS) is 12.6. The van der Waals surface area contributed by atoms with E-state index in [9.17, 15) is 9.82 Å². The maximum absolute atomic E-state index is 12.2. The molecule has 0 bridgehead atoms. The molecular weight excluding hydrogens is 353 g/mol. The lowest BCUT2D eigenvalue weighted by Gasteiger charge is -2.09. The molecule has 2 N–H and O–H groups in total. The number of ether oxygens (including phenoxy) is 1. The summed E-state index contributed by atoms with van der Waals surface area (Å²) in [6.45, 7) is 2.79. The van der Waals surface area contributed by atoms with Gasteiger partial charge in [-0.05, 0) is 59.9 Å². The highest BCUT2D eigenvalue weighted by molar-refractivity contribution is 6.61. The molecule has 0 spiro atoms. The molecule has 3 aromatic carbocycles. The number of benzene rings is 3. The van der Waals surface area contributed by atoms with Gasteiger partial charge in [-0.25, -0.2) is 0 Å². The number of carbonyl (C=O) groups excluding carboxylic acids is 1. The molecule has 0 fully saturated rings. The van der Waals surface area contributed by atoms with Crippen molar-refractivity contribution in [3.05, 3.63) is 89.0 Å². The third-order valence-corrected chi connectivity index (χ3v) is 4.67. The second-order valence-electron chi connectivity index (χ2n) is 6.82. The molecule has 0 atom stereocenters. The first-order chi connectivity index (χ1) is 13.6. The minimum Gasteiger partial charge on any atom is -0.457 e. The molecule has 5 nitrogen and oxygen atoms in total. The quantitative estimate of drug-likeness (QED) is 0.675. The predicted molar refractivity (Wildman–Crippen MR) is 108 cm³/mol. The number of nitrogens with one attached hydrogen (secondary N) is 1. The van der Waals surface area contributed by atoms with Gasteiger partial charge in [-0.3, -0.25) is 4.79 Å². The minimum absolute atomic E-state index is 0.0911. The molecule has 0 saturated carbocycles. The number of carbonyl (C=O) groups is 1. The Balaban J connectivity index is 1.36. The molecule has 6 heteroatoms. The highest BCUT2D eigenvalue weighted by Gasteiger charge is 2.27. The molecule has 1 amide bonds. The lowest BCUT2D eigenvalue weighted by Crippen LogP contribution is -2.27. The maximum atomic E-state index is 12.2. The summed E-state index contributed by atoms with van der Waals surface area (Å²) < 4.78 is 11.1. The van der Waals surface area contributed by atoms with E-state index in [1.165, 1.54) is 0 Å². The third-order valence-electron chi connectivity index (χ3n) is 4.67. The molecule has 28 heavy (non-hydrogen) atoms. The van der Waals surface area contributed by atoms with E-state index in [4.69, 9.17) is 9.39 Å². The van der Waals surface area contributed by atoms with Crippen LogP contribution in [0.5, 0.6) is 11.5 Å². The zero-order valence-corrected chi connectivity index (χ0v) is 15.5. The van der Waals surface area contributed by atoms with Gasteiger partial charge < -0.3 is 19.7 Å². The van der Waals surface area contributed by atoms with Crippen molar-refractivity contribution in [1.29, 1.82) is 0 Å². The van der Waals surface area contributed by atoms with Crippen LogP contribution in [0.2, 0.25) is 0 Å². The van der Waals surface area contributed by atoms with E-state index in [1.807, 2.05) is 67.6 Å². The van der Waals surface area contributed by atoms with Crippen LogP contribution in [0.15, 0.2) is 66.7 Å². The summed E-state index contributed by atoms with van der Waals surface area (Å²) in [4.78, 5) is 12.2. The second-order valence-corrected chi connectivity index (χ2v) is 6.82. The lowest BCUT2D eigenvalue weighted by atomic mass is 9.80. The number of fused-ring (bicyclic) bond motifs is 1. The van der Waals surface area contributed by atoms with Crippen LogP contribution in [0.4, 0.5) is 0 Å². The molecule has 4 rings (SSSR count). The van der Waals surface area contributed by atoms with Gasteiger partial charge in [0, 0.05) is 12.1 Å². The molecule has 140 valence electrons. The highest BCUT2D eigenvalue weighted by atomic mass is 16.5. The van der Waals surface area contributed by atoms with E-state index in [1.54, 1.807) is 6.07 Å². The van der Waals surface area contributed by atoms with E-state index in [2.05, 4.69) is 5.32 Å². The van der Waals surface area contributed by atoms with Crippen molar-refractivity contribution in [2.24, 2.45) is 0 Å². The lowest BCUT2D eigenvalue weighted by molar-refractivity contribution is 0.0951. The molecule has 1 heterocycles. The topological polar surface area (TPSA) is 67.8 Å². The summed E-state index contributed by atoms with van der Waals surface area (Å²) in [6.07, 6.45) is 0. The molecule has 1 aliphatic rings. The van der Waals surface area contributed by atoms with Crippen LogP contribution in [0.1, 0.15) is 27.0 Å². The van der Waals surface area contributed by atoms with Gasteiger partial charge in [0.15, 0.2) is 0 Å². The smallest absolute Gasteiger partial charge is 0.457 e. The fraction of sp³-hybridized carbons (Fsp3) is 0.136. The first kappa shape index (κ1) is 18.3. The zero-order chi connectivity index (χ0) is 19.5. The highest BCUT2D eigenvalue weighted by Crippen LogP contribution is 2.24. The van der Waals surface area contributed by atoms with Gasteiger partial charge in [0.2, 0.25) is 0 Å². The molecule has 3 aromatic rings. The van der Waals surface area contributed by atoms with Crippen molar-refractivity contribution in [2.75, 3.05) is 0 Å². The first-order valence-electron chi connectivity index (χ1n) is 9.13. The fourth-order valence-corrected chi connectivity index (χ4v) is 3.15. The minimum atomic E-state index is -0.849. The Hall–Kier alpha value is -3.09. The van der Waals surface area contributed by atoms with Crippen molar-refractivity contribution in [3.8, 4) is 11.5 Å². The average molecular weight is 373 g/mol. The SMILES string of the molecule is Cc1cccc(C(=O)NCc2ccc(Oc3ccc4c(c3)COB4O)cc2)c1. The Labute approximate surface area is 164 Å². The zero-order valence-electron chi connectivity index (χ0n) is 15.5. The third kappa shape index (κ3) is 4.08. The maximum Gasteiger partial charge on any atom is 0.491 e. The Morgan fingerprint density at radius 2 is 1.89 bits per heavy atom. The van der Waals surface area contributed by atoms with Gasteiger partial charge >= 0.3 is 7.12 Å². The van der Waals surface area contributed by atoms with Crippen LogP contribution in [0.3, 0.4) is 0 Å². The van der Waals surface area contributed by atoms with Crippen molar-refractivity contribution >= 4 is 18.5 Å². The van der Waals surface area contributed by atoms with Gasteiger partial charge in [-0.2, -0.15) is 0 Å². The summed E-state index contributed by atoms with van der Waals surface area (Å²) in [6, 6.07) is 20.6. The van der Waals surface area contributed by atoms with Crippen LogP contribution in [-0.2, 0) is 17.8 Å². The van der Waals surface area contributed by atoms with Gasteiger partial charge in [-0.1, -0.05) is 35.9 Å². The molecule has 0 unspecified atom stereocenters. The number of rotatable bonds is 5. The second kappa shape index (κ2) is 7.88. The number of hydrogen-bond donors (Lipinski definition) is 2. The summed E-state index contributed by atoms with van der Waals surface area (Å²) in [5, 5.41) is 12.6. The first-order valence-corrected chi connectivity index (χ1v) is 9.13. The Kier molecular flexibility index (Phi) is 5.15. The molecule has 1 aliphatic heterocycles. The molecular formula is C22H20BNO4. The average Bonchev–Trinajstić information content (AvgIpc) is 3.07. The van der Waals surface area contributed by atoms with E-state index in [0.717, 1.165) is 22.2 Å². The Bertz CT molecular complexity index is 1000. The Morgan fingerprint density at radius 3 is 2.68 bits per heavy atom. The summed E-state index contributed by atoms with van der Waals surface area (Å²) >= 11 is 0. The largest absolute Gasteiger partial charge is 0.491 e. The number of hydrogen-bond acceptors (Lipinski definition) is 4. The van der Waals surface area contributed by atoms with Gasteiger partial charge in [0.25, 0.3) is 5.91 Å². The standard InChI is InChI=1S/C22H20BNO4/c1-15-3-2-4-17(11-15)22(25)24-13-16-5-7-19(8-6-16)28-20-9-10-21-18(12-20)14-27-23(21)26/h2-12,26H,13-14H2,1H3,(H,24,25). The molecule has 0 saturated heterocycles.